The van der Waals surface area contributed by atoms with Crippen LogP contribution in [0.3, 0.4) is 0 Å². The van der Waals surface area contributed by atoms with E-state index in [1.54, 1.807) is 6.07 Å². The fraction of sp³-hybridized carbons (Fsp3) is 0.538. The number of hydrogen-bond acceptors (Lipinski definition) is 3. The van der Waals surface area contributed by atoms with Gasteiger partial charge in [-0.1, -0.05) is 0 Å². The summed E-state index contributed by atoms with van der Waals surface area (Å²) in [5.41, 5.74) is 7.95. The fourth-order valence-corrected chi connectivity index (χ4v) is 3.05. The van der Waals surface area contributed by atoms with E-state index in [2.05, 4.69) is 4.90 Å². The Bertz CT molecular complexity index is 374. The summed E-state index contributed by atoms with van der Waals surface area (Å²) in [5.74, 6) is 2.14. The van der Waals surface area contributed by atoms with Crippen LogP contribution in [0.25, 0.3) is 0 Å². The summed E-state index contributed by atoms with van der Waals surface area (Å²) in [6, 6.07) is 4.83. The van der Waals surface area contributed by atoms with Gasteiger partial charge in [0.2, 0.25) is 0 Å². The molecule has 17 heavy (non-hydrogen) atoms. The molecule has 94 valence electrons. The van der Waals surface area contributed by atoms with Crippen LogP contribution >= 0.6 is 11.8 Å². The van der Waals surface area contributed by atoms with Gasteiger partial charge >= 0.3 is 0 Å². The highest BCUT2D eigenvalue weighted by atomic mass is 32.2. The second kappa shape index (κ2) is 5.74. The van der Waals surface area contributed by atoms with Gasteiger partial charge in [0.15, 0.2) is 0 Å². The van der Waals surface area contributed by atoms with Crippen LogP contribution in [0.15, 0.2) is 18.2 Å². The Hall–Kier alpha value is -0.740. The van der Waals surface area contributed by atoms with E-state index in [1.807, 2.05) is 24.8 Å². The average Bonchev–Trinajstić information content (AvgIpc) is 2.57. The van der Waals surface area contributed by atoms with Crippen molar-refractivity contribution in [1.29, 1.82) is 0 Å². The smallest absolute Gasteiger partial charge is 0.123 e. The van der Waals surface area contributed by atoms with Gasteiger partial charge in [-0.2, -0.15) is 11.8 Å². The van der Waals surface area contributed by atoms with E-state index in [0.717, 1.165) is 30.1 Å². The number of hydrogen-bond donors (Lipinski definition) is 1. The molecule has 1 heterocycles. The Balaban J connectivity index is 2.29. The number of benzene rings is 1. The second-order valence-corrected chi connectivity index (χ2v) is 5.67. The van der Waals surface area contributed by atoms with Crippen LogP contribution in [0, 0.1) is 5.82 Å². The topological polar surface area (TPSA) is 29.3 Å². The molecular formula is C13H19FN2S. The van der Waals surface area contributed by atoms with Crippen molar-refractivity contribution in [1.82, 2.24) is 0 Å². The predicted octanol–water partition coefficient (Wildman–Crippen LogP) is 2.79. The molecule has 0 aliphatic carbocycles. The monoisotopic (exact) mass is 254 g/mol. The number of anilines is 1. The third-order valence-electron chi connectivity index (χ3n) is 3.04. The van der Waals surface area contributed by atoms with Crippen LogP contribution in [0.5, 0.6) is 0 Å². The maximum Gasteiger partial charge on any atom is 0.123 e. The minimum absolute atomic E-state index is 0.128. The molecule has 2 N–H and O–H groups in total. The molecule has 1 fully saturated rings. The van der Waals surface area contributed by atoms with Crippen LogP contribution in [-0.4, -0.2) is 24.6 Å². The third kappa shape index (κ3) is 3.13. The fourth-order valence-electron chi connectivity index (χ4n) is 2.17. The number of halogens is 1. The lowest BCUT2D eigenvalue weighted by atomic mass is 10.1. The molecule has 0 unspecified atom stereocenters. The lowest BCUT2D eigenvalue weighted by Gasteiger charge is -2.26. The SMILES string of the molecule is C[C@H](N)c1cc(F)ccc1N1CCCSCC1. The van der Waals surface area contributed by atoms with Crippen molar-refractivity contribution >= 4 is 17.4 Å². The van der Waals surface area contributed by atoms with Crippen molar-refractivity contribution in [2.24, 2.45) is 5.73 Å². The van der Waals surface area contributed by atoms with E-state index in [-0.39, 0.29) is 11.9 Å². The van der Waals surface area contributed by atoms with E-state index in [9.17, 15) is 4.39 Å². The predicted molar refractivity (Wildman–Crippen MR) is 73.2 cm³/mol. The second-order valence-electron chi connectivity index (χ2n) is 4.44. The zero-order valence-electron chi connectivity index (χ0n) is 10.2. The van der Waals surface area contributed by atoms with Crippen LogP contribution in [0.1, 0.15) is 24.9 Å². The summed E-state index contributed by atoms with van der Waals surface area (Å²) >= 11 is 1.98. The Labute approximate surface area is 106 Å². The summed E-state index contributed by atoms with van der Waals surface area (Å²) in [4.78, 5) is 2.33. The number of nitrogens with two attached hydrogens (primary N) is 1. The van der Waals surface area contributed by atoms with Gasteiger partial charge in [0, 0.05) is 30.6 Å². The molecule has 1 aliphatic heterocycles. The molecule has 0 radical (unpaired) electrons. The van der Waals surface area contributed by atoms with E-state index >= 15 is 0 Å². The number of nitrogens with zero attached hydrogens (tertiary/aromatic N) is 1. The maximum atomic E-state index is 13.3. The minimum Gasteiger partial charge on any atom is -0.370 e. The van der Waals surface area contributed by atoms with Crippen molar-refractivity contribution in [3.05, 3.63) is 29.6 Å². The molecule has 1 aromatic carbocycles. The molecule has 4 heteroatoms. The largest absolute Gasteiger partial charge is 0.370 e. The Morgan fingerprint density at radius 2 is 2.18 bits per heavy atom. The first-order chi connectivity index (χ1) is 8.18. The minimum atomic E-state index is -0.203. The van der Waals surface area contributed by atoms with Crippen molar-refractivity contribution in [3.8, 4) is 0 Å². The van der Waals surface area contributed by atoms with Gasteiger partial charge < -0.3 is 10.6 Å². The van der Waals surface area contributed by atoms with E-state index in [1.165, 1.54) is 18.2 Å². The standard InChI is InChI=1S/C13H19FN2S/c1-10(15)12-9-11(14)3-4-13(12)16-5-2-7-17-8-6-16/h3-4,9-10H,2,5-8,15H2,1H3/t10-/m0/s1. The van der Waals surface area contributed by atoms with Crippen LogP contribution < -0.4 is 10.6 Å². The average molecular weight is 254 g/mol. The molecule has 1 aliphatic rings. The van der Waals surface area contributed by atoms with E-state index in [0.29, 0.717) is 0 Å². The van der Waals surface area contributed by atoms with Crippen molar-refractivity contribution in [2.45, 2.75) is 19.4 Å². The molecule has 0 saturated carbocycles. The third-order valence-corrected chi connectivity index (χ3v) is 4.09. The van der Waals surface area contributed by atoms with Crippen molar-refractivity contribution in [3.63, 3.8) is 0 Å². The first-order valence-corrected chi connectivity index (χ1v) is 7.21. The highest BCUT2D eigenvalue weighted by Gasteiger charge is 2.16. The maximum absolute atomic E-state index is 13.3. The zero-order valence-corrected chi connectivity index (χ0v) is 11.0. The molecule has 0 bridgehead atoms. The molecule has 1 atom stereocenters. The molecule has 0 spiro atoms. The summed E-state index contributed by atoms with van der Waals surface area (Å²) in [5, 5.41) is 0. The van der Waals surface area contributed by atoms with E-state index < -0.39 is 0 Å². The quantitative estimate of drug-likeness (QED) is 0.880. The highest BCUT2D eigenvalue weighted by molar-refractivity contribution is 7.99. The summed E-state index contributed by atoms with van der Waals surface area (Å²) in [6.07, 6.45) is 1.18. The normalized spacial score (nSPS) is 18.9. The molecule has 1 saturated heterocycles. The van der Waals surface area contributed by atoms with E-state index in [4.69, 9.17) is 5.73 Å². The summed E-state index contributed by atoms with van der Waals surface area (Å²) in [7, 11) is 0. The van der Waals surface area contributed by atoms with Crippen molar-refractivity contribution in [2.75, 3.05) is 29.5 Å². The summed E-state index contributed by atoms with van der Waals surface area (Å²) in [6.45, 7) is 3.97. The van der Waals surface area contributed by atoms with Crippen LogP contribution in [0.4, 0.5) is 10.1 Å². The Morgan fingerprint density at radius 3 is 2.94 bits per heavy atom. The van der Waals surface area contributed by atoms with Gasteiger partial charge in [0.05, 0.1) is 0 Å². The highest BCUT2D eigenvalue weighted by Crippen LogP contribution is 2.27. The first-order valence-electron chi connectivity index (χ1n) is 6.06. The molecular weight excluding hydrogens is 235 g/mol. The molecule has 0 aromatic heterocycles. The van der Waals surface area contributed by atoms with Gasteiger partial charge in [0.25, 0.3) is 0 Å². The molecule has 2 nitrogen and oxygen atoms in total. The van der Waals surface area contributed by atoms with Crippen molar-refractivity contribution < 1.29 is 4.39 Å². The Kier molecular flexibility index (Phi) is 4.29. The van der Waals surface area contributed by atoms with Gasteiger partial charge in [-0.05, 0) is 42.9 Å². The lowest BCUT2D eigenvalue weighted by Crippen LogP contribution is -2.27. The van der Waals surface area contributed by atoms with Gasteiger partial charge in [-0.3, -0.25) is 0 Å². The van der Waals surface area contributed by atoms with Gasteiger partial charge in [-0.15, -0.1) is 0 Å². The summed E-state index contributed by atoms with van der Waals surface area (Å²) < 4.78 is 13.3. The first kappa shape index (κ1) is 12.7. The van der Waals surface area contributed by atoms with Crippen LogP contribution in [0.2, 0.25) is 0 Å². The number of rotatable bonds is 2. The molecule has 1 aromatic rings. The zero-order chi connectivity index (χ0) is 12.3. The number of thioether (sulfide) groups is 1. The Morgan fingerprint density at radius 1 is 1.35 bits per heavy atom. The van der Waals surface area contributed by atoms with Gasteiger partial charge in [-0.25, -0.2) is 4.39 Å². The molecule has 2 rings (SSSR count). The van der Waals surface area contributed by atoms with Gasteiger partial charge in [0.1, 0.15) is 5.82 Å². The van der Waals surface area contributed by atoms with Crippen LogP contribution in [-0.2, 0) is 0 Å². The lowest BCUT2D eigenvalue weighted by molar-refractivity contribution is 0.621. The molecule has 0 amide bonds.